The first-order valence-corrected chi connectivity index (χ1v) is 8.81. The van der Waals surface area contributed by atoms with E-state index in [9.17, 15) is 24.5 Å². The fourth-order valence-electron chi connectivity index (χ4n) is 2.52. The van der Waals surface area contributed by atoms with E-state index in [4.69, 9.17) is 20.8 Å². The molecule has 3 rings (SSSR count). The number of benzene rings is 2. The summed E-state index contributed by atoms with van der Waals surface area (Å²) in [6.45, 7) is 3.66. The first-order valence-electron chi connectivity index (χ1n) is 8.43. The molecule has 0 unspecified atom stereocenters. The van der Waals surface area contributed by atoms with Gasteiger partial charge in [-0.25, -0.2) is 9.59 Å². The third-order valence-electron chi connectivity index (χ3n) is 3.95. The number of halogens is 1. The van der Waals surface area contributed by atoms with Crippen LogP contribution in [0.3, 0.4) is 0 Å². The largest absolute Gasteiger partial charge is 0.423 e. The second kappa shape index (κ2) is 8.58. The van der Waals surface area contributed by atoms with E-state index in [-0.39, 0.29) is 39.7 Å². The maximum atomic E-state index is 12.4. The fraction of sp³-hybridized carbons (Fsp3) is 0.0500. The molecule has 10 heteroatoms. The van der Waals surface area contributed by atoms with Crippen LogP contribution in [0.15, 0.2) is 64.3 Å². The second-order valence-corrected chi connectivity index (χ2v) is 6.36. The standard InChI is InChI=1S/C20H13ClN2O7/c1-2-7-22-18(24)15-8-11-3-5-13(10-17(11)30-20(15)26)29-19(25)14-9-12(23(27)28)4-6-16(14)21/h2-6,8-10H,1,7H2,(H,22,24). The van der Waals surface area contributed by atoms with Crippen LogP contribution in [0.5, 0.6) is 5.75 Å². The summed E-state index contributed by atoms with van der Waals surface area (Å²) in [5.41, 5.74) is -1.48. The molecule has 1 aromatic heterocycles. The van der Waals surface area contributed by atoms with Crippen molar-refractivity contribution in [3.63, 3.8) is 0 Å². The van der Waals surface area contributed by atoms with Crippen LogP contribution < -0.4 is 15.7 Å². The molecule has 1 N–H and O–H groups in total. The quantitative estimate of drug-likeness (QED) is 0.159. The SMILES string of the molecule is C=CCNC(=O)c1cc2ccc(OC(=O)c3cc([N+](=O)[O-])ccc3Cl)cc2oc1=O. The minimum atomic E-state index is -0.925. The monoisotopic (exact) mass is 428 g/mol. The molecule has 1 heterocycles. The molecule has 152 valence electrons. The smallest absolute Gasteiger partial charge is 0.349 e. The van der Waals surface area contributed by atoms with Crippen molar-refractivity contribution in [3.05, 3.63) is 91.8 Å². The Labute approximate surface area is 173 Å². The summed E-state index contributed by atoms with van der Waals surface area (Å²) in [5, 5.41) is 13.8. The Morgan fingerprint density at radius 1 is 1.20 bits per heavy atom. The maximum Gasteiger partial charge on any atom is 0.349 e. The molecule has 0 bridgehead atoms. The molecule has 30 heavy (non-hydrogen) atoms. The summed E-state index contributed by atoms with van der Waals surface area (Å²) in [6, 6.07) is 8.91. The van der Waals surface area contributed by atoms with Gasteiger partial charge < -0.3 is 14.5 Å². The van der Waals surface area contributed by atoms with Crippen LogP contribution in [0.2, 0.25) is 5.02 Å². The molecule has 0 aliphatic heterocycles. The van der Waals surface area contributed by atoms with Crippen LogP contribution >= 0.6 is 11.6 Å². The lowest BCUT2D eigenvalue weighted by molar-refractivity contribution is -0.384. The predicted molar refractivity (Wildman–Crippen MR) is 108 cm³/mol. The van der Waals surface area contributed by atoms with Gasteiger partial charge in [0, 0.05) is 30.1 Å². The number of amides is 1. The van der Waals surface area contributed by atoms with Crippen molar-refractivity contribution in [3.8, 4) is 5.75 Å². The zero-order valence-corrected chi connectivity index (χ0v) is 16.0. The number of esters is 1. The molecule has 0 saturated carbocycles. The molecule has 0 aliphatic rings. The molecule has 0 radical (unpaired) electrons. The van der Waals surface area contributed by atoms with Crippen molar-refractivity contribution in [2.45, 2.75) is 0 Å². The normalized spacial score (nSPS) is 10.4. The van der Waals surface area contributed by atoms with Crippen molar-refractivity contribution in [1.82, 2.24) is 5.32 Å². The maximum absolute atomic E-state index is 12.4. The lowest BCUT2D eigenvalue weighted by Gasteiger charge is -2.07. The van der Waals surface area contributed by atoms with Gasteiger partial charge in [-0.3, -0.25) is 14.9 Å². The summed E-state index contributed by atoms with van der Waals surface area (Å²) >= 11 is 5.93. The molecular weight excluding hydrogens is 416 g/mol. The van der Waals surface area contributed by atoms with Crippen LogP contribution in [-0.4, -0.2) is 23.3 Å². The van der Waals surface area contributed by atoms with Gasteiger partial charge in [-0.1, -0.05) is 17.7 Å². The minimum absolute atomic E-state index is 0.0158. The van der Waals surface area contributed by atoms with Gasteiger partial charge >= 0.3 is 11.6 Å². The summed E-state index contributed by atoms with van der Waals surface area (Å²) < 4.78 is 10.3. The average Bonchev–Trinajstić information content (AvgIpc) is 2.71. The average molecular weight is 429 g/mol. The molecule has 2 aromatic carbocycles. The van der Waals surface area contributed by atoms with Gasteiger partial charge in [-0.05, 0) is 24.3 Å². The lowest BCUT2D eigenvalue weighted by Crippen LogP contribution is -2.28. The number of hydrogen-bond donors (Lipinski definition) is 1. The molecule has 0 fully saturated rings. The van der Waals surface area contributed by atoms with E-state index in [1.54, 1.807) is 0 Å². The number of nitro benzene ring substituents is 1. The Hall–Kier alpha value is -3.98. The van der Waals surface area contributed by atoms with Crippen LogP contribution in [0, 0.1) is 10.1 Å². The fourth-order valence-corrected chi connectivity index (χ4v) is 2.71. The molecule has 0 saturated heterocycles. The molecule has 9 nitrogen and oxygen atoms in total. The third kappa shape index (κ3) is 4.36. The van der Waals surface area contributed by atoms with E-state index in [0.717, 1.165) is 12.1 Å². The summed E-state index contributed by atoms with van der Waals surface area (Å²) in [7, 11) is 0. The van der Waals surface area contributed by atoms with Crippen molar-refractivity contribution < 1.29 is 23.7 Å². The number of carbonyl (C=O) groups is 2. The Kier molecular flexibility index (Phi) is 5.93. The van der Waals surface area contributed by atoms with E-state index >= 15 is 0 Å². The lowest BCUT2D eigenvalue weighted by atomic mass is 10.1. The Morgan fingerprint density at radius 2 is 1.97 bits per heavy atom. The van der Waals surface area contributed by atoms with E-state index in [2.05, 4.69) is 11.9 Å². The van der Waals surface area contributed by atoms with Crippen LogP contribution in [0.4, 0.5) is 5.69 Å². The highest BCUT2D eigenvalue weighted by atomic mass is 35.5. The third-order valence-corrected chi connectivity index (χ3v) is 4.28. The topological polar surface area (TPSA) is 129 Å². The van der Waals surface area contributed by atoms with Gasteiger partial charge in [-0.2, -0.15) is 0 Å². The highest BCUT2D eigenvalue weighted by molar-refractivity contribution is 6.33. The Balaban J connectivity index is 1.89. The highest BCUT2D eigenvalue weighted by Gasteiger charge is 2.19. The molecule has 0 spiro atoms. The number of ether oxygens (including phenoxy) is 1. The minimum Gasteiger partial charge on any atom is -0.423 e. The van der Waals surface area contributed by atoms with Gasteiger partial charge in [0.1, 0.15) is 16.9 Å². The summed E-state index contributed by atoms with van der Waals surface area (Å²) in [4.78, 5) is 46.7. The van der Waals surface area contributed by atoms with Gasteiger partial charge in [0.05, 0.1) is 15.5 Å². The zero-order chi connectivity index (χ0) is 21.8. The highest BCUT2D eigenvalue weighted by Crippen LogP contribution is 2.25. The number of nitrogens with one attached hydrogen (secondary N) is 1. The number of rotatable bonds is 6. The van der Waals surface area contributed by atoms with Crippen LogP contribution in [0.25, 0.3) is 11.0 Å². The second-order valence-electron chi connectivity index (χ2n) is 5.96. The summed E-state index contributed by atoms with van der Waals surface area (Å²) in [6.07, 6.45) is 1.47. The van der Waals surface area contributed by atoms with Crippen LogP contribution in [0.1, 0.15) is 20.7 Å². The van der Waals surface area contributed by atoms with Gasteiger partial charge in [0.15, 0.2) is 0 Å². The van der Waals surface area contributed by atoms with Crippen molar-refractivity contribution in [2.75, 3.05) is 6.54 Å². The van der Waals surface area contributed by atoms with E-state index < -0.39 is 22.4 Å². The number of fused-ring (bicyclic) bond motifs is 1. The Bertz CT molecular complexity index is 1250. The molecule has 3 aromatic rings. The Morgan fingerprint density at radius 3 is 2.67 bits per heavy atom. The van der Waals surface area contributed by atoms with Crippen molar-refractivity contribution >= 4 is 40.1 Å². The molecular formula is C20H13ClN2O7. The zero-order valence-electron chi connectivity index (χ0n) is 15.2. The van der Waals surface area contributed by atoms with E-state index in [0.29, 0.717) is 5.39 Å². The molecule has 0 atom stereocenters. The number of non-ortho nitro benzene ring substituents is 1. The molecule has 1 amide bonds. The van der Waals surface area contributed by atoms with Gasteiger partial charge in [0.25, 0.3) is 11.6 Å². The van der Waals surface area contributed by atoms with E-state index in [1.165, 1.54) is 36.4 Å². The number of hydrogen-bond acceptors (Lipinski definition) is 7. The van der Waals surface area contributed by atoms with E-state index in [1.807, 2.05) is 0 Å². The number of nitro groups is 1. The first-order chi connectivity index (χ1) is 14.3. The predicted octanol–water partition coefficient (Wildman–Crippen LogP) is 3.49. The number of carbonyl (C=O) groups excluding carboxylic acids is 2. The van der Waals surface area contributed by atoms with Crippen molar-refractivity contribution in [2.24, 2.45) is 0 Å². The summed E-state index contributed by atoms with van der Waals surface area (Å²) in [5.74, 6) is -1.52. The first kappa shape index (κ1) is 20.7. The van der Waals surface area contributed by atoms with Gasteiger partial charge in [0.2, 0.25) is 0 Å². The van der Waals surface area contributed by atoms with Crippen LogP contribution in [-0.2, 0) is 0 Å². The van der Waals surface area contributed by atoms with Gasteiger partial charge in [-0.15, -0.1) is 6.58 Å². The van der Waals surface area contributed by atoms with Crippen molar-refractivity contribution in [1.29, 1.82) is 0 Å². The molecule has 0 aliphatic carbocycles. The number of nitrogens with zero attached hydrogens (tertiary/aromatic N) is 1.